The van der Waals surface area contributed by atoms with Crippen molar-refractivity contribution in [1.29, 1.82) is 0 Å². The summed E-state index contributed by atoms with van der Waals surface area (Å²) in [6.45, 7) is 6.43. The normalized spacial score (nSPS) is 26.6. The molecule has 0 aromatic heterocycles. The summed E-state index contributed by atoms with van der Waals surface area (Å²) in [4.78, 5) is 28.9. The molecule has 1 saturated carbocycles. The van der Waals surface area contributed by atoms with Gasteiger partial charge in [-0.15, -0.1) is 0 Å². The molecule has 2 N–H and O–H groups in total. The smallest absolute Gasteiger partial charge is 0.244 e. The largest absolute Gasteiger partial charge is 0.371 e. The maximum absolute atomic E-state index is 13.1. The summed E-state index contributed by atoms with van der Waals surface area (Å²) in [5, 5.41) is 0. The predicted molar refractivity (Wildman–Crippen MR) is 98.0 cm³/mol. The minimum absolute atomic E-state index is 0.0517. The second-order valence-electron chi connectivity index (χ2n) is 8.75. The molecule has 1 saturated heterocycles. The third kappa shape index (κ3) is 5.17. The lowest BCUT2D eigenvalue weighted by Gasteiger charge is -2.32. The van der Waals surface area contributed by atoms with Gasteiger partial charge >= 0.3 is 0 Å². The maximum Gasteiger partial charge on any atom is 0.244 e. The van der Waals surface area contributed by atoms with Crippen LogP contribution in [0.1, 0.15) is 59.3 Å². The van der Waals surface area contributed by atoms with Crippen LogP contribution < -0.4 is 5.73 Å². The van der Waals surface area contributed by atoms with Crippen molar-refractivity contribution in [3.8, 4) is 0 Å². The van der Waals surface area contributed by atoms with Gasteiger partial charge in [0.05, 0.1) is 17.7 Å². The highest BCUT2D eigenvalue weighted by atomic mass is 16.5. The Hall–Kier alpha value is -1.14. The molecule has 1 heterocycles. The molecule has 6 nitrogen and oxygen atoms in total. The molecule has 1 aliphatic carbocycles. The molecule has 0 unspecified atom stereocenters. The van der Waals surface area contributed by atoms with E-state index in [2.05, 4.69) is 0 Å². The molecule has 2 amide bonds. The predicted octanol–water partition coefficient (Wildman–Crippen LogP) is 1.77. The maximum atomic E-state index is 13.1. The number of amides is 2. The van der Waals surface area contributed by atoms with Crippen LogP contribution in [0, 0.1) is 5.92 Å². The van der Waals surface area contributed by atoms with Crippen molar-refractivity contribution in [2.45, 2.75) is 83.1 Å². The van der Waals surface area contributed by atoms with Gasteiger partial charge in [-0.25, -0.2) is 0 Å². The van der Waals surface area contributed by atoms with Crippen LogP contribution >= 0.6 is 0 Å². The molecule has 2 rings (SSSR count). The fourth-order valence-corrected chi connectivity index (χ4v) is 4.04. The summed E-state index contributed by atoms with van der Waals surface area (Å²) in [5.41, 5.74) is 6.02. The number of nitrogens with zero attached hydrogens (tertiary/aromatic N) is 2. The molecular weight excluding hydrogens is 318 g/mol. The molecule has 0 spiro atoms. The van der Waals surface area contributed by atoms with Gasteiger partial charge in [0.25, 0.3) is 0 Å². The molecule has 0 aromatic carbocycles. The van der Waals surface area contributed by atoms with Gasteiger partial charge in [0.2, 0.25) is 11.8 Å². The van der Waals surface area contributed by atoms with Crippen LogP contribution in [0.3, 0.4) is 0 Å². The topological polar surface area (TPSA) is 75.9 Å². The van der Waals surface area contributed by atoms with Crippen molar-refractivity contribution < 1.29 is 14.3 Å². The molecule has 25 heavy (non-hydrogen) atoms. The van der Waals surface area contributed by atoms with Crippen molar-refractivity contribution in [3.63, 3.8) is 0 Å². The summed E-state index contributed by atoms with van der Waals surface area (Å²) in [5.74, 6) is 0.0928. The lowest BCUT2D eigenvalue weighted by atomic mass is 9.83. The van der Waals surface area contributed by atoms with Gasteiger partial charge in [0, 0.05) is 27.1 Å². The Kier molecular flexibility index (Phi) is 6.49. The highest BCUT2D eigenvalue weighted by Gasteiger charge is 2.44. The molecule has 0 aromatic rings. The Bertz CT molecular complexity index is 481. The SMILES string of the molecule is CN(C)C(=O)[C@@H]1C[C@@H](OC(C)(C)C)CN1C(=O)[C@@H](N)C1CCCCC1. The summed E-state index contributed by atoms with van der Waals surface area (Å²) >= 11 is 0. The first-order valence-electron chi connectivity index (χ1n) is 9.55. The van der Waals surface area contributed by atoms with Crippen LogP contribution in [0.4, 0.5) is 0 Å². The molecule has 144 valence electrons. The molecule has 1 aliphatic heterocycles. The number of likely N-dealkylation sites (N-methyl/N-ethyl adjacent to an activating group) is 1. The van der Waals surface area contributed by atoms with E-state index in [0.29, 0.717) is 13.0 Å². The number of rotatable bonds is 4. The lowest BCUT2D eigenvalue weighted by molar-refractivity contribution is -0.144. The number of likely N-dealkylation sites (tertiary alicyclic amines) is 1. The third-order valence-electron chi connectivity index (χ3n) is 5.23. The second-order valence-corrected chi connectivity index (χ2v) is 8.75. The Morgan fingerprint density at radius 2 is 1.76 bits per heavy atom. The zero-order chi connectivity index (χ0) is 18.8. The van der Waals surface area contributed by atoms with E-state index in [-0.39, 0.29) is 29.4 Å². The van der Waals surface area contributed by atoms with E-state index >= 15 is 0 Å². The quantitative estimate of drug-likeness (QED) is 0.836. The fraction of sp³-hybridized carbons (Fsp3) is 0.895. The van der Waals surface area contributed by atoms with Crippen molar-refractivity contribution in [3.05, 3.63) is 0 Å². The van der Waals surface area contributed by atoms with E-state index in [0.717, 1.165) is 25.7 Å². The number of hydrogen-bond donors (Lipinski definition) is 1. The second kappa shape index (κ2) is 8.04. The fourth-order valence-electron chi connectivity index (χ4n) is 4.04. The van der Waals surface area contributed by atoms with Crippen molar-refractivity contribution >= 4 is 11.8 Å². The van der Waals surface area contributed by atoms with Gasteiger partial charge in [-0.2, -0.15) is 0 Å². The molecule has 0 bridgehead atoms. The van der Waals surface area contributed by atoms with E-state index < -0.39 is 12.1 Å². The van der Waals surface area contributed by atoms with Crippen LogP contribution in [-0.4, -0.2) is 66.0 Å². The molecule has 2 fully saturated rings. The zero-order valence-corrected chi connectivity index (χ0v) is 16.5. The van der Waals surface area contributed by atoms with Crippen molar-refractivity contribution in [1.82, 2.24) is 9.80 Å². The molecule has 3 atom stereocenters. The zero-order valence-electron chi connectivity index (χ0n) is 16.5. The highest BCUT2D eigenvalue weighted by molar-refractivity contribution is 5.90. The highest BCUT2D eigenvalue weighted by Crippen LogP contribution is 2.30. The first-order chi connectivity index (χ1) is 11.6. The summed E-state index contributed by atoms with van der Waals surface area (Å²) in [6, 6.07) is -0.976. The van der Waals surface area contributed by atoms with E-state index in [9.17, 15) is 9.59 Å². The first kappa shape index (κ1) is 20.2. The van der Waals surface area contributed by atoms with E-state index in [1.165, 1.54) is 6.42 Å². The van der Waals surface area contributed by atoms with E-state index in [1.54, 1.807) is 23.9 Å². The van der Waals surface area contributed by atoms with Gasteiger partial charge in [-0.1, -0.05) is 19.3 Å². The molecular formula is C19H35N3O3. The standard InChI is InChI=1S/C19H35N3O3/c1-19(2,3)25-14-11-15(17(23)21(4)5)22(12-14)18(24)16(20)13-9-7-6-8-10-13/h13-16H,6-12,20H2,1-5H3/t14-,15+,16+/m1/s1. The van der Waals surface area contributed by atoms with Crippen LogP contribution in [0.5, 0.6) is 0 Å². The Morgan fingerprint density at radius 3 is 2.28 bits per heavy atom. The summed E-state index contributed by atoms with van der Waals surface area (Å²) < 4.78 is 6.06. The Labute approximate surface area is 152 Å². The average molecular weight is 354 g/mol. The minimum Gasteiger partial charge on any atom is -0.371 e. The minimum atomic E-state index is -0.508. The Balaban J connectivity index is 2.12. The molecule has 0 radical (unpaired) electrons. The number of hydrogen-bond acceptors (Lipinski definition) is 4. The molecule has 2 aliphatic rings. The molecule has 6 heteroatoms. The van der Waals surface area contributed by atoms with Crippen LogP contribution in [-0.2, 0) is 14.3 Å². The first-order valence-corrected chi connectivity index (χ1v) is 9.55. The third-order valence-corrected chi connectivity index (χ3v) is 5.23. The summed E-state index contributed by atoms with van der Waals surface area (Å²) in [7, 11) is 3.45. The van der Waals surface area contributed by atoms with Gasteiger partial charge in [0.1, 0.15) is 6.04 Å². The number of carbonyl (C=O) groups excluding carboxylic acids is 2. The monoisotopic (exact) mass is 353 g/mol. The summed E-state index contributed by atoms with van der Waals surface area (Å²) in [6.07, 6.45) is 5.94. The average Bonchev–Trinajstić information content (AvgIpc) is 2.95. The number of ether oxygens (including phenoxy) is 1. The van der Waals surface area contributed by atoms with Gasteiger partial charge < -0.3 is 20.3 Å². The van der Waals surface area contributed by atoms with Gasteiger partial charge in [0.15, 0.2) is 0 Å². The van der Waals surface area contributed by atoms with Gasteiger partial charge in [-0.3, -0.25) is 9.59 Å². The van der Waals surface area contributed by atoms with Crippen LogP contribution in [0.2, 0.25) is 0 Å². The van der Waals surface area contributed by atoms with Crippen molar-refractivity contribution in [2.75, 3.05) is 20.6 Å². The lowest BCUT2D eigenvalue weighted by Crippen LogP contribution is -2.53. The number of carbonyl (C=O) groups is 2. The van der Waals surface area contributed by atoms with Crippen LogP contribution in [0.15, 0.2) is 0 Å². The van der Waals surface area contributed by atoms with Gasteiger partial charge in [-0.05, 0) is 39.5 Å². The number of nitrogens with two attached hydrogens (primary N) is 1. The Morgan fingerprint density at radius 1 is 1.16 bits per heavy atom. The van der Waals surface area contributed by atoms with E-state index in [4.69, 9.17) is 10.5 Å². The van der Waals surface area contributed by atoms with E-state index in [1.807, 2.05) is 20.8 Å². The van der Waals surface area contributed by atoms with Crippen LogP contribution in [0.25, 0.3) is 0 Å². The van der Waals surface area contributed by atoms with Crippen molar-refractivity contribution in [2.24, 2.45) is 11.7 Å².